The maximum atomic E-state index is 5.55. The molecule has 0 saturated carbocycles. The van der Waals surface area contributed by atoms with E-state index in [4.69, 9.17) is 5.73 Å². The Morgan fingerprint density at radius 3 is 2.33 bits per heavy atom. The molecule has 65 valence electrons. The lowest BCUT2D eigenvalue weighted by Gasteiger charge is -2.08. The first-order chi connectivity index (χ1) is 5.68. The Labute approximate surface area is 73.8 Å². The summed E-state index contributed by atoms with van der Waals surface area (Å²) in [5.41, 5.74) is 7.47. The smallest absolute Gasteiger partial charge is 0.0341 e. The van der Waals surface area contributed by atoms with Gasteiger partial charge in [0, 0.05) is 17.9 Å². The van der Waals surface area contributed by atoms with E-state index < -0.39 is 0 Å². The summed E-state index contributed by atoms with van der Waals surface area (Å²) in [6.45, 7) is 5.12. The van der Waals surface area contributed by atoms with E-state index >= 15 is 0 Å². The predicted molar refractivity (Wildman–Crippen MR) is 53.9 cm³/mol. The molecule has 3 N–H and O–H groups in total. The molecule has 0 atom stereocenters. The van der Waals surface area contributed by atoms with Gasteiger partial charge >= 0.3 is 0 Å². The standard InChI is InChI=1S/C10H15N2/c1-8(2)7-12-10-5-3-9(11)4-6-10/h3-6,12H,7,11H2,1-2H3. The van der Waals surface area contributed by atoms with E-state index in [1.165, 1.54) is 5.92 Å². The largest absolute Gasteiger partial charge is 0.399 e. The summed E-state index contributed by atoms with van der Waals surface area (Å²) in [5.74, 6) is 1.37. The van der Waals surface area contributed by atoms with Gasteiger partial charge in [0.05, 0.1) is 0 Å². The van der Waals surface area contributed by atoms with Crippen LogP contribution in [0.4, 0.5) is 11.4 Å². The van der Waals surface area contributed by atoms with Crippen molar-refractivity contribution in [3.05, 3.63) is 30.2 Å². The third kappa shape index (κ3) is 2.82. The summed E-state index contributed by atoms with van der Waals surface area (Å²) >= 11 is 0. The third-order valence-corrected chi connectivity index (χ3v) is 1.56. The number of hydrogen-bond donors (Lipinski definition) is 2. The van der Waals surface area contributed by atoms with Crippen LogP contribution in [0.5, 0.6) is 0 Å². The Kier molecular flexibility index (Phi) is 2.97. The molecule has 1 radical (unpaired) electrons. The van der Waals surface area contributed by atoms with Crippen molar-refractivity contribution >= 4 is 11.4 Å². The highest BCUT2D eigenvalue weighted by Gasteiger charge is 1.94. The van der Waals surface area contributed by atoms with E-state index in [1.54, 1.807) is 0 Å². The molecular weight excluding hydrogens is 148 g/mol. The molecule has 1 rings (SSSR count). The molecule has 0 heterocycles. The van der Waals surface area contributed by atoms with Gasteiger partial charge in [0.2, 0.25) is 0 Å². The van der Waals surface area contributed by atoms with Crippen molar-refractivity contribution in [2.45, 2.75) is 13.8 Å². The first kappa shape index (κ1) is 8.91. The number of benzene rings is 1. The van der Waals surface area contributed by atoms with Crippen molar-refractivity contribution in [1.82, 2.24) is 0 Å². The lowest BCUT2D eigenvalue weighted by molar-refractivity contribution is 1.01. The summed E-state index contributed by atoms with van der Waals surface area (Å²) in [4.78, 5) is 0. The minimum Gasteiger partial charge on any atom is -0.399 e. The van der Waals surface area contributed by atoms with Gasteiger partial charge in [0.1, 0.15) is 0 Å². The van der Waals surface area contributed by atoms with Crippen LogP contribution in [-0.4, -0.2) is 6.54 Å². The molecule has 0 spiro atoms. The molecule has 0 aliphatic heterocycles. The van der Waals surface area contributed by atoms with Crippen molar-refractivity contribution < 1.29 is 0 Å². The van der Waals surface area contributed by atoms with Gasteiger partial charge in [-0.1, -0.05) is 13.8 Å². The molecular formula is C10H15N2. The summed E-state index contributed by atoms with van der Waals surface area (Å²) in [6, 6.07) is 7.76. The number of nitrogens with two attached hydrogens (primary N) is 1. The van der Waals surface area contributed by atoms with Crippen LogP contribution >= 0.6 is 0 Å². The number of nitrogen functional groups attached to an aromatic ring is 1. The van der Waals surface area contributed by atoms with Crippen molar-refractivity contribution in [1.29, 1.82) is 0 Å². The maximum Gasteiger partial charge on any atom is 0.0341 e. The van der Waals surface area contributed by atoms with Gasteiger partial charge in [-0.05, 0) is 30.2 Å². The highest BCUT2D eigenvalue weighted by Crippen LogP contribution is 2.10. The molecule has 0 unspecified atom stereocenters. The van der Waals surface area contributed by atoms with Crippen molar-refractivity contribution in [3.63, 3.8) is 0 Å². The Morgan fingerprint density at radius 1 is 1.25 bits per heavy atom. The Morgan fingerprint density at radius 2 is 1.83 bits per heavy atom. The molecule has 0 saturated heterocycles. The fourth-order valence-corrected chi connectivity index (χ4v) is 0.880. The predicted octanol–water partition coefficient (Wildman–Crippen LogP) is 2.29. The minimum absolute atomic E-state index is 0.803. The average molecular weight is 163 g/mol. The Hall–Kier alpha value is -1.18. The van der Waals surface area contributed by atoms with Crippen LogP contribution in [0.25, 0.3) is 0 Å². The van der Waals surface area contributed by atoms with E-state index in [1.807, 2.05) is 24.3 Å². The molecule has 0 aliphatic carbocycles. The van der Waals surface area contributed by atoms with E-state index in [2.05, 4.69) is 19.2 Å². The molecule has 1 aromatic carbocycles. The van der Waals surface area contributed by atoms with Crippen LogP contribution in [0.2, 0.25) is 0 Å². The summed E-state index contributed by atoms with van der Waals surface area (Å²) in [7, 11) is 0. The fourth-order valence-electron chi connectivity index (χ4n) is 0.880. The van der Waals surface area contributed by atoms with Gasteiger partial charge in [-0.25, -0.2) is 0 Å². The first-order valence-electron chi connectivity index (χ1n) is 4.07. The quantitative estimate of drug-likeness (QED) is 0.671. The van der Waals surface area contributed by atoms with E-state index in [0.29, 0.717) is 0 Å². The summed E-state index contributed by atoms with van der Waals surface area (Å²) < 4.78 is 0. The maximum absolute atomic E-state index is 5.55. The number of anilines is 2. The molecule has 0 amide bonds. The minimum atomic E-state index is 0.803. The van der Waals surface area contributed by atoms with Crippen LogP contribution in [0, 0.1) is 5.92 Å². The van der Waals surface area contributed by atoms with Gasteiger partial charge in [-0.3, -0.25) is 0 Å². The van der Waals surface area contributed by atoms with Gasteiger partial charge < -0.3 is 11.1 Å². The van der Waals surface area contributed by atoms with Gasteiger partial charge in [-0.2, -0.15) is 0 Å². The van der Waals surface area contributed by atoms with Gasteiger partial charge in [0.25, 0.3) is 0 Å². The second-order valence-corrected chi connectivity index (χ2v) is 3.18. The topological polar surface area (TPSA) is 38.0 Å². The zero-order valence-corrected chi connectivity index (χ0v) is 7.59. The molecule has 0 aromatic heterocycles. The van der Waals surface area contributed by atoms with E-state index in [0.717, 1.165) is 17.9 Å². The van der Waals surface area contributed by atoms with Crippen molar-refractivity contribution in [2.75, 3.05) is 17.6 Å². The highest BCUT2D eigenvalue weighted by molar-refractivity contribution is 5.51. The molecule has 1 aromatic rings. The Balaban J connectivity index is 2.48. The number of nitrogens with one attached hydrogen (secondary N) is 1. The third-order valence-electron chi connectivity index (χ3n) is 1.56. The number of rotatable bonds is 3. The van der Waals surface area contributed by atoms with Crippen molar-refractivity contribution in [3.8, 4) is 0 Å². The lowest BCUT2D eigenvalue weighted by Crippen LogP contribution is -2.05. The second kappa shape index (κ2) is 4.00. The van der Waals surface area contributed by atoms with Crippen LogP contribution in [-0.2, 0) is 0 Å². The summed E-state index contributed by atoms with van der Waals surface area (Å²) in [6.07, 6.45) is 0. The molecule has 2 heteroatoms. The van der Waals surface area contributed by atoms with Gasteiger partial charge in [-0.15, -0.1) is 0 Å². The molecule has 0 bridgehead atoms. The summed E-state index contributed by atoms with van der Waals surface area (Å²) in [5, 5.41) is 3.28. The molecule has 12 heavy (non-hydrogen) atoms. The SMILES string of the molecule is C[C](C)CNc1ccc(N)cc1. The highest BCUT2D eigenvalue weighted by atomic mass is 14.9. The normalized spacial score (nSPS) is 10.2. The van der Waals surface area contributed by atoms with Crippen molar-refractivity contribution in [2.24, 2.45) is 0 Å². The van der Waals surface area contributed by atoms with Crippen LogP contribution in [0.15, 0.2) is 24.3 Å². The second-order valence-electron chi connectivity index (χ2n) is 3.18. The van der Waals surface area contributed by atoms with Crippen LogP contribution < -0.4 is 11.1 Å². The monoisotopic (exact) mass is 163 g/mol. The Bertz CT molecular complexity index is 226. The van der Waals surface area contributed by atoms with Crippen LogP contribution in [0.3, 0.4) is 0 Å². The first-order valence-corrected chi connectivity index (χ1v) is 4.07. The van der Waals surface area contributed by atoms with Gasteiger partial charge in [0.15, 0.2) is 0 Å². The molecule has 2 nitrogen and oxygen atoms in total. The van der Waals surface area contributed by atoms with E-state index in [-0.39, 0.29) is 0 Å². The molecule has 0 fully saturated rings. The zero-order chi connectivity index (χ0) is 8.97. The molecule has 0 aliphatic rings. The van der Waals surface area contributed by atoms with Crippen LogP contribution in [0.1, 0.15) is 13.8 Å². The zero-order valence-electron chi connectivity index (χ0n) is 7.59. The average Bonchev–Trinajstić information content (AvgIpc) is 2.03. The number of hydrogen-bond acceptors (Lipinski definition) is 2. The fraction of sp³-hybridized carbons (Fsp3) is 0.300. The lowest BCUT2D eigenvalue weighted by atomic mass is 10.2. The van der Waals surface area contributed by atoms with E-state index in [9.17, 15) is 0 Å².